The molecule has 0 amide bonds. The van der Waals surface area contributed by atoms with Crippen molar-refractivity contribution in [3.05, 3.63) is 11.6 Å². The normalized spacial score (nSPS) is 52.6. The molecule has 22 nitrogen and oxygen atoms in total. The third-order valence-electron chi connectivity index (χ3n) is 20.5. The predicted molar refractivity (Wildman–Crippen MR) is 260 cm³/mol. The monoisotopic (exact) mass is 1080 g/mol. The van der Waals surface area contributed by atoms with Gasteiger partial charge in [-0.25, -0.2) is 0 Å². The highest BCUT2D eigenvalue weighted by Gasteiger charge is 2.72. The lowest BCUT2D eigenvalue weighted by Crippen LogP contribution is -2.68. The minimum Gasteiger partial charge on any atom is -0.394 e. The van der Waals surface area contributed by atoms with Gasteiger partial charge in [0, 0.05) is 0 Å². The first-order valence-electron chi connectivity index (χ1n) is 27.3. The average Bonchev–Trinajstić information content (AvgIpc) is 3.89. The van der Waals surface area contributed by atoms with E-state index in [1.165, 1.54) is 0 Å². The van der Waals surface area contributed by atoms with Crippen molar-refractivity contribution in [3.8, 4) is 0 Å². The van der Waals surface area contributed by atoms with Crippen LogP contribution in [0.3, 0.4) is 0 Å². The van der Waals surface area contributed by atoms with Crippen molar-refractivity contribution in [2.24, 2.45) is 45.3 Å². The van der Waals surface area contributed by atoms with E-state index in [0.717, 1.165) is 24.8 Å². The van der Waals surface area contributed by atoms with Crippen molar-refractivity contribution in [1.82, 2.24) is 0 Å². The number of aliphatic hydroxyl groups is 14. The first-order chi connectivity index (χ1) is 35.1. The van der Waals surface area contributed by atoms with E-state index in [0.29, 0.717) is 38.5 Å². The molecule has 4 aliphatic carbocycles. The van der Waals surface area contributed by atoms with Crippen molar-refractivity contribution in [1.29, 1.82) is 0 Å². The standard InChI is InChI=1S/C53H90O22/c1-23(2)10-9-14-53(8,75-47-43(67)39(63)37(61)29(72-47)22-68-45-41(65)36(60)28(21-56)69-45)24-11-16-52(7)33(24)25(57)18-31-50(5)15-13-32(49(3,4)30(50)12-17-51(31,52)6)73-48-44(40(64)35(59)27(20-55)71-48)74-46-42(66)38(62)34(58)26(19-54)70-46/h10,24-48,54-67H,9,11-22H2,1-8H3/t24-,25+,26-,27+,28-,29-,30+,31+,32-,33-,34-,35+,36-,37-,38+,39+,40-,41+,42-,43-,44+,45+,46+,47+,48-,50-,51+,52+,53-/m0/s1. The van der Waals surface area contributed by atoms with Crippen molar-refractivity contribution < 1.29 is 109 Å². The van der Waals surface area contributed by atoms with Crippen LogP contribution in [0.25, 0.3) is 0 Å². The van der Waals surface area contributed by atoms with Gasteiger partial charge in [0.15, 0.2) is 25.2 Å². The number of hydrogen-bond acceptors (Lipinski definition) is 22. The topological polar surface area (TPSA) is 357 Å². The Morgan fingerprint density at radius 2 is 1.08 bits per heavy atom. The Morgan fingerprint density at radius 1 is 0.560 bits per heavy atom. The van der Waals surface area contributed by atoms with Gasteiger partial charge in [-0.2, -0.15) is 0 Å². The van der Waals surface area contributed by atoms with E-state index in [2.05, 4.69) is 40.7 Å². The molecule has 14 N–H and O–H groups in total. The summed E-state index contributed by atoms with van der Waals surface area (Å²) >= 11 is 0. The van der Waals surface area contributed by atoms with Gasteiger partial charge < -0.3 is 109 Å². The smallest absolute Gasteiger partial charge is 0.187 e. The molecule has 0 bridgehead atoms. The second-order valence-electron chi connectivity index (χ2n) is 25.3. The summed E-state index contributed by atoms with van der Waals surface area (Å²) in [5.74, 6) is -0.394. The summed E-state index contributed by atoms with van der Waals surface area (Å²) in [5, 5.41) is 151. The lowest BCUT2D eigenvalue weighted by atomic mass is 9.35. The van der Waals surface area contributed by atoms with Crippen LogP contribution in [0.5, 0.6) is 0 Å². The maximum absolute atomic E-state index is 12.8. The van der Waals surface area contributed by atoms with Gasteiger partial charge in [0.2, 0.25) is 0 Å². The van der Waals surface area contributed by atoms with Crippen LogP contribution in [0.4, 0.5) is 0 Å². The molecular formula is C53H90O22. The molecule has 4 aliphatic heterocycles. The first-order valence-corrected chi connectivity index (χ1v) is 27.3. The van der Waals surface area contributed by atoms with E-state index < -0.39 is 172 Å². The lowest BCUT2D eigenvalue weighted by molar-refractivity contribution is -0.378. The van der Waals surface area contributed by atoms with Gasteiger partial charge in [0.1, 0.15) is 91.6 Å². The van der Waals surface area contributed by atoms with E-state index in [4.69, 9.17) is 37.9 Å². The number of fused-ring (bicyclic) bond motifs is 5. The summed E-state index contributed by atoms with van der Waals surface area (Å²) in [6.45, 7) is 14.9. The summed E-state index contributed by atoms with van der Waals surface area (Å²) in [4.78, 5) is 0. The summed E-state index contributed by atoms with van der Waals surface area (Å²) in [6.07, 6.45) is -22.1. The summed E-state index contributed by atoms with van der Waals surface area (Å²) < 4.78 is 48.9. The highest BCUT2D eigenvalue weighted by molar-refractivity contribution is 5.20. The fraction of sp³-hybridized carbons (Fsp3) is 0.962. The third kappa shape index (κ3) is 10.5. The Morgan fingerprint density at radius 3 is 1.69 bits per heavy atom. The Labute approximate surface area is 439 Å². The van der Waals surface area contributed by atoms with E-state index in [9.17, 15) is 71.5 Å². The van der Waals surface area contributed by atoms with Crippen molar-refractivity contribution in [2.45, 2.75) is 248 Å². The maximum Gasteiger partial charge on any atom is 0.187 e. The molecule has 4 heterocycles. The van der Waals surface area contributed by atoms with Crippen LogP contribution in [0, 0.1) is 45.3 Å². The van der Waals surface area contributed by atoms with E-state index in [1.54, 1.807) is 0 Å². The molecule has 0 unspecified atom stereocenters. The largest absolute Gasteiger partial charge is 0.394 e. The molecule has 0 radical (unpaired) electrons. The number of allylic oxidation sites excluding steroid dienone is 2. The van der Waals surface area contributed by atoms with Gasteiger partial charge in [0.25, 0.3) is 0 Å². The fourth-order valence-electron chi connectivity index (χ4n) is 16.1. The molecule has 75 heavy (non-hydrogen) atoms. The predicted octanol–water partition coefficient (Wildman–Crippen LogP) is -1.56. The summed E-state index contributed by atoms with van der Waals surface area (Å²) in [5.41, 5.74) is -1.47. The second kappa shape index (κ2) is 22.7. The molecule has 8 fully saturated rings. The molecule has 4 saturated carbocycles. The molecular weight excluding hydrogens is 989 g/mol. The SMILES string of the molecule is CC(C)=CCC[C@](C)(O[C@H]1O[C@@H](CO[C@@H]2O[C@@H](CO)[C@H](O)[C@H]2O)[C@H](O)[C@@H](O)[C@@H]1O)[C@H]1CC[C@]2(C)[C@@H]1[C@H](O)C[C@@H]1[C@@]3(C)CC[C@H](O[C@@H]4O[C@H](CO)[C@@H](O)[C@H](O)[C@H]4O[C@H]4O[C@@H](CO)[C@H](O)[C@@H](O)[C@@H]4O)C(C)(C)[C@H]3CC[C@]12C. The van der Waals surface area contributed by atoms with E-state index >= 15 is 0 Å². The molecule has 0 spiro atoms. The van der Waals surface area contributed by atoms with Crippen LogP contribution in [-0.2, 0) is 37.9 Å². The van der Waals surface area contributed by atoms with E-state index in [1.807, 2.05) is 20.8 Å². The number of aliphatic hydroxyl groups excluding tert-OH is 14. The quantitative estimate of drug-likeness (QED) is 0.0614. The third-order valence-corrected chi connectivity index (χ3v) is 20.5. The number of hydrogen-bond donors (Lipinski definition) is 14. The minimum atomic E-state index is -1.81. The maximum atomic E-state index is 12.8. The van der Waals surface area contributed by atoms with Gasteiger partial charge in [0.05, 0.1) is 44.2 Å². The zero-order chi connectivity index (χ0) is 55.1. The van der Waals surface area contributed by atoms with E-state index in [-0.39, 0.29) is 34.5 Å². The zero-order valence-corrected chi connectivity index (χ0v) is 44.7. The molecule has 8 aliphatic rings. The summed E-state index contributed by atoms with van der Waals surface area (Å²) in [6, 6.07) is 0. The molecule has 8 rings (SSSR count). The van der Waals surface area contributed by atoms with Crippen molar-refractivity contribution >= 4 is 0 Å². The second-order valence-corrected chi connectivity index (χ2v) is 25.3. The Bertz CT molecular complexity index is 1940. The van der Waals surface area contributed by atoms with Crippen LogP contribution >= 0.6 is 0 Å². The van der Waals surface area contributed by atoms with Crippen LogP contribution in [0.2, 0.25) is 0 Å². The molecule has 0 aromatic rings. The zero-order valence-electron chi connectivity index (χ0n) is 44.7. The lowest BCUT2D eigenvalue weighted by Gasteiger charge is -2.71. The fourth-order valence-corrected chi connectivity index (χ4v) is 16.1. The summed E-state index contributed by atoms with van der Waals surface area (Å²) in [7, 11) is 0. The van der Waals surface area contributed by atoms with Gasteiger partial charge in [-0.05, 0) is 124 Å². The highest BCUT2D eigenvalue weighted by atomic mass is 16.8. The molecule has 0 aromatic carbocycles. The average molecular weight is 1080 g/mol. The Balaban J connectivity index is 1.01. The molecule has 0 aromatic heterocycles. The minimum absolute atomic E-state index is 0.0508. The van der Waals surface area contributed by atoms with Crippen LogP contribution in [0.1, 0.15) is 113 Å². The van der Waals surface area contributed by atoms with Crippen LogP contribution in [-0.4, -0.2) is 232 Å². The first kappa shape index (κ1) is 60.0. The molecule has 22 heteroatoms. The Hall–Kier alpha value is -1.14. The van der Waals surface area contributed by atoms with Gasteiger partial charge in [-0.1, -0.05) is 46.3 Å². The number of rotatable bonds is 16. The van der Waals surface area contributed by atoms with Gasteiger partial charge in [-0.15, -0.1) is 0 Å². The van der Waals surface area contributed by atoms with Crippen molar-refractivity contribution in [3.63, 3.8) is 0 Å². The van der Waals surface area contributed by atoms with Crippen LogP contribution < -0.4 is 0 Å². The van der Waals surface area contributed by atoms with Gasteiger partial charge >= 0.3 is 0 Å². The van der Waals surface area contributed by atoms with Crippen molar-refractivity contribution in [2.75, 3.05) is 26.4 Å². The Kier molecular flexibility index (Phi) is 18.1. The number of ether oxygens (including phenoxy) is 8. The molecule has 434 valence electrons. The van der Waals surface area contributed by atoms with Gasteiger partial charge in [-0.3, -0.25) is 0 Å². The molecule has 4 saturated heterocycles. The van der Waals surface area contributed by atoms with Crippen LogP contribution in [0.15, 0.2) is 11.6 Å². The highest BCUT2D eigenvalue weighted by Crippen LogP contribution is 2.76. The molecule has 29 atom stereocenters.